The monoisotopic (exact) mass is 449 g/mol. The number of rotatable bonds is 14. The largest absolute Gasteiger partial charge is 0.463 e. The molecule has 0 bridgehead atoms. The number of esters is 1. The summed E-state index contributed by atoms with van der Waals surface area (Å²) in [7, 11) is 0. The summed E-state index contributed by atoms with van der Waals surface area (Å²) in [5, 5.41) is 14.1. The first-order valence-corrected chi connectivity index (χ1v) is 11.2. The van der Waals surface area contributed by atoms with Gasteiger partial charge in [-0.1, -0.05) is 32.0 Å². The number of ether oxygens (including phenoxy) is 1. The molecule has 9 heteroatoms. The molecule has 0 radical (unpaired) electrons. The van der Waals surface area contributed by atoms with E-state index in [4.69, 9.17) is 4.74 Å². The van der Waals surface area contributed by atoms with E-state index in [2.05, 4.69) is 5.32 Å². The summed E-state index contributed by atoms with van der Waals surface area (Å²) in [6, 6.07) is 5.09. The fourth-order valence-electron chi connectivity index (χ4n) is 3.39. The van der Waals surface area contributed by atoms with Crippen LogP contribution in [0.5, 0.6) is 0 Å². The standard InChI is InChI=1S/C23H35N3O6/c1-5-14-25(15-6-2)22(28)13-9-12-21(27)24-19(16-23(29)32-17(3)4)18-10-7-8-11-20(18)26(30)31/h7-8,10-11,17,19H,5-6,9,12-16H2,1-4H3,(H,24,27). The number of carbonyl (C=O) groups excluding carboxylic acids is 3. The first-order valence-electron chi connectivity index (χ1n) is 11.2. The zero-order valence-corrected chi connectivity index (χ0v) is 19.5. The van der Waals surface area contributed by atoms with Gasteiger partial charge in [0.1, 0.15) is 0 Å². The van der Waals surface area contributed by atoms with E-state index in [0.717, 1.165) is 12.8 Å². The molecule has 0 aliphatic heterocycles. The third-order valence-electron chi connectivity index (χ3n) is 4.72. The highest BCUT2D eigenvalue weighted by atomic mass is 16.6. The number of nitrogens with one attached hydrogen (secondary N) is 1. The Morgan fingerprint density at radius 3 is 2.28 bits per heavy atom. The molecule has 1 rings (SSSR count). The molecule has 1 aromatic carbocycles. The van der Waals surface area contributed by atoms with Gasteiger partial charge < -0.3 is 15.0 Å². The summed E-state index contributed by atoms with van der Waals surface area (Å²) in [5.41, 5.74) is 0.0554. The van der Waals surface area contributed by atoms with Gasteiger partial charge >= 0.3 is 5.97 Å². The Hall–Kier alpha value is -2.97. The highest BCUT2D eigenvalue weighted by Gasteiger charge is 2.26. The second-order valence-electron chi connectivity index (χ2n) is 7.91. The summed E-state index contributed by atoms with van der Waals surface area (Å²) in [5.74, 6) is -0.929. The molecule has 0 aliphatic rings. The minimum absolute atomic E-state index is 0.0114. The van der Waals surface area contributed by atoms with Gasteiger partial charge in [0.15, 0.2) is 0 Å². The normalized spacial score (nSPS) is 11.7. The topological polar surface area (TPSA) is 119 Å². The number of nitrogens with zero attached hydrogens (tertiary/aromatic N) is 2. The van der Waals surface area contributed by atoms with E-state index in [1.807, 2.05) is 13.8 Å². The molecule has 0 saturated carbocycles. The van der Waals surface area contributed by atoms with Gasteiger partial charge in [-0.3, -0.25) is 24.5 Å². The maximum absolute atomic E-state index is 12.6. The molecule has 0 aliphatic carbocycles. The van der Waals surface area contributed by atoms with Gasteiger partial charge in [-0.15, -0.1) is 0 Å². The molecule has 2 amide bonds. The zero-order chi connectivity index (χ0) is 24.1. The van der Waals surface area contributed by atoms with Crippen molar-refractivity contribution < 1.29 is 24.0 Å². The van der Waals surface area contributed by atoms with Gasteiger partial charge in [0.05, 0.1) is 29.1 Å². The minimum atomic E-state index is -0.900. The van der Waals surface area contributed by atoms with E-state index >= 15 is 0 Å². The van der Waals surface area contributed by atoms with E-state index in [0.29, 0.717) is 19.5 Å². The molecule has 0 heterocycles. The van der Waals surface area contributed by atoms with Crippen molar-refractivity contribution in [1.29, 1.82) is 0 Å². The summed E-state index contributed by atoms with van der Waals surface area (Å²) < 4.78 is 5.16. The van der Waals surface area contributed by atoms with Gasteiger partial charge in [0, 0.05) is 32.0 Å². The van der Waals surface area contributed by atoms with Crippen LogP contribution in [-0.4, -0.2) is 46.8 Å². The molecule has 9 nitrogen and oxygen atoms in total. The van der Waals surface area contributed by atoms with Crippen LogP contribution in [0.2, 0.25) is 0 Å². The number of hydrogen-bond donors (Lipinski definition) is 1. The maximum atomic E-state index is 12.6. The Labute approximate surface area is 189 Å². The first-order chi connectivity index (χ1) is 15.2. The summed E-state index contributed by atoms with van der Waals surface area (Å²) in [4.78, 5) is 49.8. The van der Waals surface area contributed by atoms with Crippen LogP contribution in [0.4, 0.5) is 5.69 Å². The smallest absolute Gasteiger partial charge is 0.308 e. The number of hydrogen-bond acceptors (Lipinski definition) is 6. The number of para-hydroxylation sites is 1. The quantitative estimate of drug-likeness (QED) is 0.261. The summed E-state index contributed by atoms with van der Waals surface area (Å²) in [6.45, 7) is 8.81. The van der Waals surface area contributed by atoms with Gasteiger partial charge in [0.2, 0.25) is 11.8 Å². The maximum Gasteiger partial charge on any atom is 0.308 e. The summed E-state index contributed by atoms with van der Waals surface area (Å²) >= 11 is 0. The molecule has 0 fully saturated rings. The van der Waals surface area contributed by atoms with Gasteiger partial charge in [-0.2, -0.15) is 0 Å². The van der Waals surface area contributed by atoms with Crippen LogP contribution in [0.3, 0.4) is 0 Å². The molecule has 1 aromatic rings. The van der Waals surface area contributed by atoms with Crippen LogP contribution in [-0.2, 0) is 19.1 Å². The molecule has 0 saturated heterocycles. The molecule has 32 heavy (non-hydrogen) atoms. The Morgan fingerprint density at radius 1 is 1.09 bits per heavy atom. The third-order valence-corrected chi connectivity index (χ3v) is 4.72. The van der Waals surface area contributed by atoms with Crippen molar-refractivity contribution in [1.82, 2.24) is 10.2 Å². The van der Waals surface area contributed by atoms with Crippen molar-refractivity contribution in [3.8, 4) is 0 Å². The Bertz CT molecular complexity index is 775. The lowest BCUT2D eigenvalue weighted by Crippen LogP contribution is -2.33. The van der Waals surface area contributed by atoms with Crippen LogP contribution in [0.1, 0.15) is 77.8 Å². The van der Waals surface area contributed by atoms with Crippen LogP contribution in [0.25, 0.3) is 0 Å². The fraction of sp³-hybridized carbons (Fsp3) is 0.609. The Balaban J connectivity index is 2.83. The lowest BCUT2D eigenvalue weighted by molar-refractivity contribution is -0.385. The van der Waals surface area contributed by atoms with E-state index < -0.39 is 16.9 Å². The molecule has 178 valence electrons. The second kappa shape index (κ2) is 14.2. The second-order valence-corrected chi connectivity index (χ2v) is 7.91. The Kier molecular flexibility index (Phi) is 12.0. The van der Waals surface area contributed by atoms with Crippen LogP contribution in [0, 0.1) is 10.1 Å². The Morgan fingerprint density at radius 2 is 1.72 bits per heavy atom. The molecular formula is C23H35N3O6. The average Bonchev–Trinajstić information content (AvgIpc) is 2.72. The fourth-order valence-corrected chi connectivity index (χ4v) is 3.39. The van der Waals surface area contributed by atoms with Crippen LogP contribution < -0.4 is 5.32 Å². The number of nitro groups is 1. The number of carbonyl (C=O) groups is 3. The molecular weight excluding hydrogens is 414 g/mol. The lowest BCUT2D eigenvalue weighted by Gasteiger charge is -2.22. The van der Waals surface area contributed by atoms with Crippen molar-refractivity contribution in [2.45, 2.75) is 78.4 Å². The molecule has 1 unspecified atom stereocenters. The van der Waals surface area contributed by atoms with E-state index in [-0.39, 0.29) is 48.4 Å². The first kappa shape index (κ1) is 27.1. The molecule has 0 spiro atoms. The van der Waals surface area contributed by atoms with Crippen molar-refractivity contribution in [3.63, 3.8) is 0 Å². The summed E-state index contributed by atoms with van der Waals surface area (Å²) in [6.07, 6.45) is 1.85. The van der Waals surface area contributed by atoms with Crippen molar-refractivity contribution >= 4 is 23.5 Å². The average molecular weight is 450 g/mol. The van der Waals surface area contributed by atoms with Gasteiger partial charge in [0.25, 0.3) is 5.69 Å². The lowest BCUT2D eigenvalue weighted by atomic mass is 10.0. The third kappa shape index (κ3) is 9.45. The minimum Gasteiger partial charge on any atom is -0.463 e. The van der Waals surface area contributed by atoms with Crippen molar-refractivity contribution in [3.05, 3.63) is 39.9 Å². The molecule has 1 atom stereocenters. The van der Waals surface area contributed by atoms with Gasteiger partial charge in [-0.25, -0.2) is 0 Å². The predicted octanol–water partition coefficient (Wildman–Crippen LogP) is 3.91. The predicted molar refractivity (Wildman–Crippen MR) is 121 cm³/mol. The van der Waals surface area contributed by atoms with Crippen molar-refractivity contribution in [2.75, 3.05) is 13.1 Å². The van der Waals surface area contributed by atoms with Crippen LogP contribution in [0.15, 0.2) is 24.3 Å². The molecule has 1 N–H and O–H groups in total. The number of benzene rings is 1. The van der Waals surface area contributed by atoms with E-state index in [1.54, 1.807) is 24.8 Å². The molecule has 0 aromatic heterocycles. The van der Waals surface area contributed by atoms with Crippen LogP contribution >= 0.6 is 0 Å². The number of amides is 2. The van der Waals surface area contributed by atoms with Gasteiger partial charge in [-0.05, 0) is 33.1 Å². The number of nitro benzene ring substituents is 1. The van der Waals surface area contributed by atoms with E-state index in [9.17, 15) is 24.5 Å². The SMILES string of the molecule is CCCN(CCC)C(=O)CCCC(=O)NC(CC(=O)OC(C)C)c1ccccc1[N+](=O)[O-]. The zero-order valence-electron chi connectivity index (χ0n) is 19.5. The van der Waals surface area contributed by atoms with E-state index in [1.165, 1.54) is 18.2 Å². The highest BCUT2D eigenvalue weighted by molar-refractivity contribution is 5.80. The highest BCUT2D eigenvalue weighted by Crippen LogP contribution is 2.27. The van der Waals surface area contributed by atoms with Crippen molar-refractivity contribution in [2.24, 2.45) is 0 Å².